The maximum atomic E-state index is 12.9. The molecule has 1 N–H and O–H groups in total. The summed E-state index contributed by atoms with van der Waals surface area (Å²) in [6.07, 6.45) is -4.04. The van der Waals surface area contributed by atoms with Gasteiger partial charge in [0.25, 0.3) is 5.91 Å². The third-order valence-electron chi connectivity index (χ3n) is 6.06. The van der Waals surface area contributed by atoms with Crippen LogP contribution in [0.5, 0.6) is 0 Å². The topological polar surface area (TPSA) is 92.8 Å². The SMILES string of the molecule is O=C(COC(=O)c1cccc(N2C(=O)[C@@H]3C[C@H](Cl)[C@@H](Cl)C[C@H]3C2=O)c1)Nc1cccc(C(F)(F)F)c1. The largest absolute Gasteiger partial charge is 0.452 e. The second kappa shape index (κ2) is 10.1. The number of imide groups is 1. The third kappa shape index (κ3) is 5.34. The van der Waals surface area contributed by atoms with E-state index in [9.17, 15) is 32.3 Å². The number of rotatable bonds is 5. The van der Waals surface area contributed by atoms with Crippen molar-refractivity contribution < 1.29 is 37.1 Å². The maximum Gasteiger partial charge on any atom is 0.416 e. The summed E-state index contributed by atoms with van der Waals surface area (Å²) in [6.45, 7) is -0.765. The van der Waals surface area contributed by atoms with Gasteiger partial charge in [0.2, 0.25) is 11.8 Å². The molecule has 4 rings (SSSR count). The molecule has 0 radical (unpaired) electrons. The van der Waals surface area contributed by atoms with E-state index in [1.54, 1.807) is 0 Å². The van der Waals surface area contributed by atoms with Crippen molar-refractivity contribution in [1.29, 1.82) is 0 Å². The first-order chi connectivity index (χ1) is 17.0. The van der Waals surface area contributed by atoms with E-state index >= 15 is 0 Å². The highest BCUT2D eigenvalue weighted by atomic mass is 35.5. The number of nitrogens with zero attached hydrogens (tertiary/aromatic N) is 1. The smallest absolute Gasteiger partial charge is 0.416 e. The molecule has 1 aliphatic carbocycles. The number of amides is 3. The number of anilines is 2. The van der Waals surface area contributed by atoms with Gasteiger partial charge in [0.15, 0.2) is 6.61 Å². The van der Waals surface area contributed by atoms with Crippen LogP contribution in [0.15, 0.2) is 48.5 Å². The number of alkyl halides is 5. The van der Waals surface area contributed by atoms with Crippen LogP contribution in [0.3, 0.4) is 0 Å². The molecule has 2 aliphatic rings. The van der Waals surface area contributed by atoms with Crippen molar-refractivity contribution in [2.75, 3.05) is 16.8 Å². The number of carbonyl (C=O) groups is 4. The zero-order valence-corrected chi connectivity index (χ0v) is 19.9. The molecule has 0 aromatic heterocycles. The van der Waals surface area contributed by atoms with E-state index in [0.717, 1.165) is 23.1 Å². The Kier molecular flexibility index (Phi) is 7.28. The fraction of sp³-hybridized carbons (Fsp3) is 0.333. The number of carbonyl (C=O) groups excluding carboxylic acids is 4. The van der Waals surface area contributed by atoms with Crippen LogP contribution in [0, 0.1) is 11.8 Å². The first kappa shape index (κ1) is 26.0. The monoisotopic (exact) mass is 542 g/mol. The van der Waals surface area contributed by atoms with E-state index in [1.807, 2.05) is 0 Å². The van der Waals surface area contributed by atoms with Gasteiger partial charge in [0.05, 0.1) is 39.4 Å². The fourth-order valence-electron chi connectivity index (χ4n) is 4.31. The van der Waals surface area contributed by atoms with Crippen LogP contribution in [0.4, 0.5) is 24.5 Å². The highest BCUT2D eigenvalue weighted by Gasteiger charge is 2.52. The molecule has 0 spiro atoms. The second-order valence-corrected chi connectivity index (χ2v) is 9.60. The Morgan fingerprint density at radius 3 is 2.19 bits per heavy atom. The van der Waals surface area contributed by atoms with Crippen molar-refractivity contribution in [3.05, 3.63) is 59.7 Å². The number of benzene rings is 2. The molecule has 0 unspecified atom stereocenters. The molecule has 1 saturated heterocycles. The van der Waals surface area contributed by atoms with Crippen molar-refractivity contribution in [2.45, 2.75) is 29.8 Å². The van der Waals surface area contributed by atoms with E-state index in [4.69, 9.17) is 27.9 Å². The van der Waals surface area contributed by atoms with Crippen molar-refractivity contribution in [2.24, 2.45) is 11.8 Å². The molecule has 36 heavy (non-hydrogen) atoms. The van der Waals surface area contributed by atoms with Crippen molar-refractivity contribution in [3.8, 4) is 0 Å². The molecule has 2 aromatic rings. The van der Waals surface area contributed by atoms with Gasteiger partial charge >= 0.3 is 12.1 Å². The number of halogens is 5. The van der Waals surface area contributed by atoms with Crippen molar-refractivity contribution in [3.63, 3.8) is 0 Å². The molecule has 190 valence electrons. The molecule has 4 atom stereocenters. The minimum absolute atomic E-state index is 0.0275. The summed E-state index contributed by atoms with van der Waals surface area (Å²) in [5, 5.41) is 1.36. The Bertz CT molecular complexity index is 1190. The highest BCUT2D eigenvalue weighted by molar-refractivity contribution is 6.31. The van der Waals surface area contributed by atoms with Crippen LogP contribution in [-0.2, 0) is 25.3 Å². The van der Waals surface area contributed by atoms with Gasteiger partial charge in [-0.15, -0.1) is 23.2 Å². The summed E-state index contributed by atoms with van der Waals surface area (Å²) < 4.78 is 43.4. The van der Waals surface area contributed by atoms with Crippen LogP contribution < -0.4 is 10.2 Å². The van der Waals surface area contributed by atoms with E-state index in [2.05, 4.69) is 5.32 Å². The first-order valence-electron chi connectivity index (χ1n) is 10.9. The van der Waals surface area contributed by atoms with E-state index < -0.39 is 64.6 Å². The standard InChI is InChI=1S/C24H19Cl2F3N2O5/c25-18-9-16-17(10-19(18)26)22(34)31(21(16)33)15-6-1-3-12(7-15)23(35)36-11-20(32)30-14-5-2-4-13(8-14)24(27,28)29/h1-8,16-19H,9-11H2,(H,30,32)/t16-,17-,18+,19+/m1/s1. The predicted molar refractivity (Wildman–Crippen MR) is 125 cm³/mol. The summed E-state index contributed by atoms with van der Waals surface area (Å²) in [5.41, 5.74) is -0.915. The summed E-state index contributed by atoms with van der Waals surface area (Å²) in [7, 11) is 0. The fourth-order valence-corrected chi connectivity index (χ4v) is 4.90. The number of esters is 1. The molecular formula is C24H19Cl2F3N2O5. The maximum absolute atomic E-state index is 12.9. The van der Waals surface area contributed by atoms with Crippen LogP contribution in [0.2, 0.25) is 0 Å². The molecule has 0 bridgehead atoms. The number of hydrogen-bond donors (Lipinski definition) is 1. The summed E-state index contributed by atoms with van der Waals surface area (Å²) >= 11 is 12.4. The van der Waals surface area contributed by atoms with Crippen LogP contribution in [0.1, 0.15) is 28.8 Å². The first-order valence-corrected chi connectivity index (χ1v) is 11.7. The van der Waals surface area contributed by atoms with Crippen molar-refractivity contribution >= 4 is 58.3 Å². The molecule has 2 fully saturated rings. The van der Waals surface area contributed by atoms with Crippen LogP contribution >= 0.6 is 23.2 Å². The number of ether oxygens (including phenoxy) is 1. The number of nitrogens with one attached hydrogen (secondary N) is 1. The van der Waals surface area contributed by atoms with E-state index in [-0.39, 0.29) is 29.8 Å². The molecular weight excluding hydrogens is 524 g/mol. The van der Waals surface area contributed by atoms with Crippen LogP contribution in [-0.4, -0.2) is 41.1 Å². The lowest BCUT2D eigenvalue weighted by Crippen LogP contribution is -2.34. The number of fused-ring (bicyclic) bond motifs is 1. The third-order valence-corrected chi connectivity index (χ3v) is 7.15. The Hall–Kier alpha value is -3.11. The number of hydrogen-bond acceptors (Lipinski definition) is 5. The quantitative estimate of drug-likeness (QED) is 0.338. The molecule has 1 saturated carbocycles. The lowest BCUT2D eigenvalue weighted by atomic mass is 9.80. The van der Waals surface area contributed by atoms with Gasteiger partial charge in [-0.1, -0.05) is 12.1 Å². The Morgan fingerprint density at radius 1 is 0.972 bits per heavy atom. The zero-order valence-electron chi connectivity index (χ0n) is 18.4. The van der Waals surface area contributed by atoms with Gasteiger partial charge in [0, 0.05) is 5.69 Å². The highest BCUT2D eigenvalue weighted by Crippen LogP contribution is 2.43. The van der Waals surface area contributed by atoms with E-state index in [0.29, 0.717) is 0 Å². The van der Waals surface area contributed by atoms with Gasteiger partial charge in [-0.3, -0.25) is 19.3 Å². The Balaban J connectivity index is 1.40. The lowest BCUT2D eigenvalue weighted by molar-refractivity contribution is -0.137. The molecule has 7 nitrogen and oxygen atoms in total. The summed E-state index contributed by atoms with van der Waals surface area (Å²) in [6, 6.07) is 9.60. The van der Waals surface area contributed by atoms with E-state index in [1.165, 1.54) is 30.3 Å². The normalized spacial score (nSPS) is 23.9. The van der Waals surface area contributed by atoms with Gasteiger partial charge in [-0.05, 0) is 49.2 Å². The van der Waals surface area contributed by atoms with Gasteiger partial charge < -0.3 is 10.1 Å². The lowest BCUT2D eigenvalue weighted by Gasteiger charge is -2.28. The van der Waals surface area contributed by atoms with Crippen LogP contribution in [0.25, 0.3) is 0 Å². The average molecular weight is 543 g/mol. The average Bonchev–Trinajstić information content (AvgIpc) is 3.06. The minimum Gasteiger partial charge on any atom is -0.452 e. The minimum atomic E-state index is -4.58. The Labute approximate surface area is 213 Å². The van der Waals surface area contributed by atoms with Gasteiger partial charge in [0.1, 0.15) is 0 Å². The molecule has 1 aliphatic heterocycles. The summed E-state index contributed by atoms with van der Waals surface area (Å²) in [5.74, 6) is -3.81. The van der Waals surface area contributed by atoms with Gasteiger partial charge in [-0.2, -0.15) is 13.2 Å². The van der Waals surface area contributed by atoms with Crippen molar-refractivity contribution in [1.82, 2.24) is 0 Å². The molecule has 2 aromatic carbocycles. The molecule has 3 amide bonds. The molecule has 12 heteroatoms. The zero-order chi connectivity index (χ0) is 26.2. The second-order valence-electron chi connectivity index (χ2n) is 8.48. The summed E-state index contributed by atoms with van der Waals surface area (Å²) in [4.78, 5) is 51.4. The van der Waals surface area contributed by atoms with Gasteiger partial charge in [-0.25, -0.2) is 4.79 Å². The Morgan fingerprint density at radius 2 is 1.58 bits per heavy atom. The predicted octanol–water partition coefficient (Wildman–Crippen LogP) is 4.62. The molecule has 1 heterocycles.